The van der Waals surface area contributed by atoms with Gasteiger partial charge in [0.1, 0.15) is 11.3 Å². The number of esters is 1. The molecule has 0 spiro atoms. The van der Waals surface area contributed by atoms with Crippen LogP contribution in [0.15, 0.2) is 60.2 Å². The number of hydrazine groups is 1. The highest BCUT2D eigenvalue weighted by atomic mass is 16.6. The second-order valence-corrected chi connectivity index (χ2v) is 6.37. The third kappa shape index (κ3) is 4.56. The molecule has 2 aromatic carbocycles. The Kier molecular flexibility index (Phi) is 5.74. The second-order valence-electron chi connectivity index (χ2n) is 6.37. The maximum Gasteiger partial charge on any atom is 0.344 e. The lowest BCUT2D eigenvalue weighted by molar-refractivity contribution is -0.149. The summed E-state index contributed by atoms with van der Waals surface area (Å²) in [5, 5.41) is 1.21. The van der Waals surface area contributed by atoms with Crippen LogP contribution in [0.2, 0.25) is 0 Å². The van der Waals surface area contributed by atoms with Gasteiger partial charge in [-0.1, -0.05) is 30.3 Å². The van der Waals surface area contributed by atoms with Gasteiger partial charge in [-0.15, -0.1) is 0 Å². The van der Waals surface area contributed by atoms with Crippen LogP contribution in [0.1, 0.15) is 19.4 Å². The summed E-state index contributed by atoms with van der Waals surface area (Å²) in [7, 11) is 0. The summed E-state index contributed by atoms with van der Waals surface area (Å²) in [4.78, 5) is 36.2. The Hall–Kier alpha value is -3.61. The molecule has 0 bridgehead atoms. The van der Waals surface area contributed by atoms with E-state index in [2.05, 4.69) is 5.43 Å². The van der Waals surface area contributed by atoms with Gasteiger partial charge in [-0.05, 0) is 49.8 Å². The van der Waals surface area contributed by atoms with Gasteiger partial charge in [0.05, 0.1) is 11.8 Å². The van der Waals surface area contributed by atoms with E-state index in [1.807, 2.05) is 6.07 Å². The minimum atomic E-state index is -0.467. The second kappa shape index (κ2) is 8.39. The summed E-state index contributed by atoms with van der Waals surface area (Å²) in [6.07, 6.45) is 1.31. The molecule has 1 fully saturated rings. The molecule has 28 heavy (non-hydrogen) atoms. The van der Waals surface area contributed by atoms with Gasteiger partial charge in [-0.25, -0.2) is 9.80 Å². The first-order valence-corrected chi connectivity index (χ1v) is 8.78. The van der Waals surface area contributed by atoms with Crippen molar-refractivity contribution in [3.63, 3.8) is 0 Å². The molecule has 0 aliphatic carbocycles. The molecular formula is C21H20N2O5. The van der Waals surface area contributed by atoms with Crippen molar-refractivity contribution in [3.8, 4) is 5.75 Å². The lowest BCUT2D eigenvalue weighted by Crippen LogP contribution is -2.35. The summed E-state index contributed by atoms with van der Waals surface area (Å²) in [5.41, 5.74) is 3.83. The Morgan fingerprint density at radius 1 is 1.07 bits per heavy atom. The standard InChI is InChI=1S/C21H20N2O5/c1-14(2)28-19(24)13-27-17-10-8-15(9-11-17)12-18-20(25)22-23(21(18)26)16-6-4-3-5-7-16/h3-12,14H,13H2,1-2H3,(H,22,25). The number of hydrogen-bond acceptors (Lipinski definition) is 5. The third-order valence-electron chi connectivity index (χ3n) is 3.82. The molecule has 3 rings (SSSR count). The van der Waals surface area contributed by atoms with Crippen LogP contribution in [0, 0.1) is 0 Å². The number of para-hydroxylation sites is 1. The van der Waals surface area contributed by atoms with Gasteiger partial charge >= 0.3 is 5.97 Å². The first kappa shape index (κ1) is 19.2. The fourth-order valence-electron chi connectivity index (χ4n) is 2.58. The molecule has 0 unspecified atom stereocenters. The Labute approximate surface area is 162 Å². The lowest BCUT2D eigenvalue weighted by Gasteiger charge is -2.13. The predicted octanol–water partition coefficient (Wildman–Crippen LogP) is 2.48. The molecule has 1 saturated heterocycles. The van der Waals surface area contributed by atoms with Crippen molar-refractivity contribution in [1.82, 2.24) is 5.43 Å². The fraction of sp³-hybridized carbons (Fsp3) is 0.190. The van der Waals surface area contributed by atoms with Crippen LogP contribution < -0.4 is 15.2 Å². The summed E-state index contributed by atoms with van der Waals surface area (Å²) in [6.45, 7) is 3.34. The molecule has 1 N–H and O–H groups in total. The molecular weight excluding hydrogens is 360 g/mol. The quantitative estimate of drug-likeness (QED) is 0.473. The van der Waals surface area contributed by atoms with Crippen molar-refractivity contribution in [1.29, 1.82) is 0 Å². The molecule has 1 heterocycles. The number of amides is 2. The highest BCUT2D eigenvalue weighted by Gasteiger charge is 2.34. The maximum absolute atomic E-state index is 12.6. The number of ether oxygens (including phenoxy) is 2. The molecule has 0 saturated carbocycles. The van der Waals surface area contributed by atoms with E-state index >= 15 is 0 Å². The monoisotopic (exact) mass is 380 g/mol. The van der Waals surface area contributed by atoms with Crippen LogP contribution in [0.3, 0.4) is 0 Å². The van der Waals surface area contributed by atoms with E-state index < -0.39 is 17.8 Å². The predicted molar refractivity (Wildman–Crippen MR) is 103 cm³/mol. The molecule has 7 nitrogen and oxygen atoms in total. The Balaban J connectivity index is 1.67. The van der Waals surface area contributed by atoms with Gasteiger partial charge in [0.25, 0.3) is 11.8 Å². The highest BCUT2D eigenvalue weighted by molar-refractivity contribution is 6.31. The van der Waals surface area contributed by atoms with Crippen LogP contribution in [-0.2, 0) is 19.1 Å². The molecule has 1 aliphatic heterocycles. The van der Waals surface area contributed by atoms with Gasteiger partial charge in [-0.3, -0.25) is 15.0 Å². The zero-order chi connectivity index (χ0) is 20.1. The topological polar surface area (TPSA) is 84.9 Å². The summed E-state index contributed by atoms with van der Waals surface area (Å²) in [5.74, 6) is -0.857. The summed E-state index contributed by atoms with van der Waals surface area (Å²) < 4.78 is 10.4. The zero-order valence-electron chi connectivity index (χ0n) is 15.5. The molecule has 0 atom stereocenters. The Morgan fingerprint density at radius 2 is 1.75 bits per heavy atom. The van der Waals surface area contributed by atoms with E-state index in [4.69, 9.17) is 9.47 Å². The molecule has 0 radical (unpaired) electrons. The molecule has 144 valence electrons. The van der Waals surface area contributed by atoms with E-state index in [9.17, 15) is 14.4 Å². The van der Waals surface area contributed by atoms with Crippen molar-refractivity contribution in [2.75, 3.05) is 11.6 Å². The van der Waals surface area contributed by atoms with Crippen LogP contribution in [0.25, 0.3) is 6.08 Å². The van der Waals surface area contributed by atoms with Gasteiger partial charge < -0.3 is 9.47 Å². The first-order chi connectivity index (χ1) is 13.4. The van der Waals surface area contributed by atoms with Crippen LogP contribution in [0.5, 0.6) is 5.75 Å². The lowest BCUT2D eigenvalue weighted by atomic mass is 10.1. The SMILES string of the molecule is CC(C)OC(=O)COc1ccc(C=C2C(=O)NN(c3ccccc3)C2=O)cc1. The fourth-order valence-corrected chi connectivity index (χ4v) is 2.58. The minimum Gasteiger partial charge on any atom is -0.482 e. The number of nitrogens with one attached hydrogen (secondary N) is 1. The summed E-state index contributed by atoms with van der Waals surface area (Å²) in [6, 6.07) is 15.6. The number of carbonyl (C=O) groups is 3. The normalized spacial score (nSPS) is 15.1. The Morgan fingerprint density at radius 3 is 2.39 bits per heavy atom. The van der Waals surface area contributed by atoms with E-state index in [1.54, 1.807) is 62.4 Å². The Bertz CT molecular complexity index is 904. The molecule has 0 aromatic heterocycles. The molecule has 1 aliphatic rings. The third-order valence-corrected chi connectivity index (χ3v) is 3.82. The smallest absolute Gasteiger partial charge is 0.344 e. The van der Waals surface area contributed by atoms with Crippen molar-refractivity contribution < 1.29 is 23.9 Å². The van der Waals surface area contributed by atoms with Crippen LogP contribution >= 0.6 is 0 Å². The van der Waals surface area contributed by atoms with Crippen molar-refractivity contribution in [3.05, 3.63) is 65.7 Å². The van der Waals surface area contributed by atoms with Gasteiger partial charge in [0, 0.05) is 0 Å². The van der Waals surface area contributed by atoms with E-state index in [-0.39, 0.29) is 18.3 Å². The van der Waals surface area contributed by atoms with Crippen molar-refractivity contribution >= 4 is 29.5 Å². The van der Waals surface area contributed by atoms with Crippen molar-refractivity contribution in [2.45, 2.75) is 20.0 Å². The molecule has 7 heteroatoms. The number of benzene rings is 2. The maximum atomic E-state index is 12.6. The average Bonchev–Trinajstić information content (AvgIpc) is 2.96. The minimum absolute atomic E-state index is 0.0398. The molecule has 2 aromatic rings. The van der Waals surface area contributed by atoms with Crippen LogP contribution in [0.4, 0.5) is 5.69 Å². The number of anilines is 1. The van der Waals surface area contributed by atoms with Gasteiger partial charge in [0.15, 0.2) is 6.61 Å². The number of nitrogens with zero attached hydrogens (tertiary/aromatic N) is 1. The average molecular weight is 380 g/mol. The number of hydrogen-bond donors (Lipinski definition) is 1. The molecule has 2 amide bonds. The summed E-state index contributed by atoms with van der Waals surface area (Å²) >= 11 is 0. The van der Waals surface area contributed by atoms with E-state index in [0.717, 1.165) is 0 Å². The van der Waals surface area contributed by atoms with E-state index in [1.165, 1.54) is 11.1 Å². The highest BCUT2D eigenvalue weighted by Crippen LogP contribution is 2.22. The van der Waals surface area contributed by atoms with Crippen LogP contribution in [-0.4, -0.2) is 30.5 Å². The van der Waals surface area contributed by atoms with Gasteiger partial charge in [-0.2, -0.15) is 0 Å². The largest absolute Gasteiger partial charge is 0.482 e. The van der Waals surface area contributed by atoms with E-state index in [0.29, 0.717) is 17.0 Å². The number of rotatable bonds is 6. The zero-order valence-corrected chi connectivity index (χ0v) is 15.5. The van der Waals surface area contributed by atoms with Gasteiger partial charge in [0.2, 0.25) is 0 Å². The first-order valence-electron chi connectivity index (χ1n) is 8.78. The van der Waals surface area contributed by atoms with Crippen molar-refractivity contribution in [2.24, 2.45) is 0 Å². The number of carbonyl (C=O) groups excluding carboxylic acids is 3.